The molecule has 1 saturated carbocycles. The third kappa shape index (κ3) is 3.90. The molecule has 1 amide bonds. The SMILES string of the molecule is CCOC1CC(NC(=O)C2(COC)CCNCC2)C1(CC)CC.Cl. The van der Waals surface area contributed by atoms with Crippen molar-refractivity contribution in [3.05, 3.63) is 0 Å². The molecular weight excluding hydrogens is 328 g/mol. The summed E-state index contributed by atoms with van der Waals surface area (Å²) in [5.74, 6) is 0.173. The highest BCUT2D eigenvalue weighted by atomic mass is 35.5. The Bertz CT molecular complexity index is 390. The van der Waals surface area contributed by atoms with Gasteiger partial charge in [-0.05, 0) is 52.1 Å². The molecule has 0 bridgehead atoms. The fourth-order valence-corrected chi connectivity index (χ4v) is 4.51. The molecule has 2 aliphatic rings. The fraction of sp³-hybridized carbons (Fsp3) is 0.944. The Morgan fingerprint density at radius 1 is 1.21 bits per heavy atom. The first-order valence-electron chi connectivity index (χ1n) is 9.20. The Balaban J connectivity index is 0.00000288. The van der Waals surface area contributed by atoms with E-state index in [1.165, 1.54) is 0 Å². The van der Waals surface area contributed by atoms with E-state index in [1.807, 2.05) is 6.92 Å². The van der Waals surface area contributed by atoms with Crippen molar-refractivity contribution in [1.29, 1.82) is 0 Å². The molecule has 2 fully saturated rings. The van der Waals surface area contributed by atoms with Crippen LogP contribution in [0.1, 0.15) is 52.9 Å². The number of carbonyl (C=O) groups is 1. The van der Waals surface area contributed by atoms with Crippen molar-refractivity contribution in [2.24, 2.45) is 10.8 Å². The van der Waals surface area contributed by atoms with E-state index in [1.54, 1.807) is 7.11 Å². The third-order valence-electron chi connectivity index (χ3n) is 6.24. The van der Waals surface area contributed by atoms with Crippen molar-refractivity contribution < 1.29 is 14.3 Å². The van der Waals surface area contributed by atoms with Gasteiger partial charge in [-0.15, -0.1) is 12.4 Å². The topological polar surface area (TPSA) is 59.6 Å². The van der Waals surface area contributed by atoms with E-state index >= 15 is 0 Å². The summed E-state index contributed by atoms with van der Waals surface area (Å²) in [4.78, 5) is 13.0. The largest absolute Gasteiger partial charge is 0.384 e. The van der Waals surface area contributed by atoms with E-state index in [9.17, 15) is 4.79 Å². The number of nitrogens with one attached hydrogen (secondary N) is 2. The van der Waals surface area contributed by atoms with E-state index in [4.69, 9.17) is 9.47 Å². The van der Waals surface area contributed by atoms with Gasteiger partial charge < -0.3 is 20.1 Å². The lowest BCUT2D eigenvalue weighted by Gasteiger charge is -2.56. The number of hydrogen-bond donors (Lipinski definition) is 2. The molecule has 1 saturated heterocycles. The summed E-state index contributed by atoms with van der Waals surface area (Å²) in [6, 6.07) is 0.227. The number of halogens is 1. The third-order valence-corrected chi connectivity index (χ3v) is 6.24. The lowest BCUT2D eigenvalue weighted by atomic mass is 9.58. The van der Waals surface area contributed by atoms with Gasteiger partial charge in [-0.3, -0.25) is 4.79 Å². The quantitative estimate of drug-likeness (QED) is 0.696. The van der Waals surface area contributed by atoms with Crippen molar-refractivity contribution in [2.45, 2.75) is 65.0 Å². The molecule has 2 N–H and O–H groups in total. The average Bonchev–Trinajstić information content (AvgIpc) is 2.56. The van der Waals surface area contributed by atoms with Crippen LogP contribution in [0, 0.1) is 10.8 Å². The van der Waals surface area contributed by atoms with E-state index in [-0.39, 0.29) is 41.3 Å². The van der Waals surface area contributed by atoms with Crippen LogP contribution >= 0.6 is 12.4 Å². The molecule has 0 radical (unpaired) electrons. The van der Waals surface area contributed by atoms with Crippen LogP contribution in [0.3, 0.4) is 0 Å². The van der Waals surface area contributed by atoms with E-state index in [0.29, 0.717) is 6.61 Å². The second-order valence-electron chi connectivity index (χ2n) is 7.11. The molecule has 1 aliphatic heterocycles. The molecule has 142 valence electrons. The Labute approximate surface area is 153 Å². The predicted octanol–water partition coefficient (Wildman–Crippen LogP) is 2.52. The molecule has 6 heteroatoms. The molecule has 2 atom stereocenters. The van der Waals surface area contributed by atoms with E-state index < -0.39 is 0 Å². The highest BCUT2D eigenvalue weighted by Crippen LogP contribution is 2.49. The van der Waals surface area contributed by atoms with Crippen LogP contribution in [-0.2, 0) is 14.3 Å². The molecule has 24 heavy (non-hydrogen) atoms. The molecule has 2 rings (SSSR count). The van der Waals surface area contributed by atoms with Crippen molar-refractivity contribution >= 4 is 18.3 Å². The molecule has 0 aromatic carbocycles. The minimum absolute atomic E-state index is 0. The minimum Gasteiger partial charge on any atom is -0.384 e. The average molecular weight is 363 g/mol. The van der Waals surface area contributed by atoms with Crippen LogP contribution in [-0.4, -0.2) is 51.5 Å². The first-order valence-corrected chi connectivity index (χ1v) is 9.20. The van der Waals surface area contributed by atoms with Gasteiger partial charge in [-0.2, -0.15) is 0 Å². The number of rotatable bonds is 8. The smallest absolute Gasteiger partial charge is 0.228 e. The number of carbonyl (C=O) groups excluding carboxylic acids is 1. The second kappa shape index (κ2) is 9.37. The first-order chi connectivity index (χ1) is 11.1. The minimum atomic E-state index is -0.371. The summed E-state index contributed by atoms with van der Waals surface area (Å²) in [5, 5.41) is 6.71. The molecule has 0 spiro atoms. The van der Waals surface area contributed by atoms with Gasteiger partial charge in [0, 0.05) is 25.2 Å². The Morgan fingerprint density at radius 2 is 1.83 bits per heavy atom. The summed E-state index contributed by atoms with van der Waals surface area (Å²) in [5.41, 5.74) is -0.281. The highest BCUT2D eigenvalue weighted by molar-refractivity contribution is 5.85. The van der Waals surface area contributed by atoms with Gasteiger partial charge in [-0.1, -0.05) is 13.8 Å². The summed E-state index contributed by atoms with van der Waals surface area (Å²) in [7, 11) is 1.69. The molecule has 0 aromatic rings. The molecule has 5 nitrogen and oxygen atoms in total. The maximum Gasteiger partial charge on any atom is 0.228 e. The van der Waals surface area contributed by atoms with Crippen LogP contribution in [0.2, 0.25) is 0 Å². The van der Waals surface area contributed by atoms with Gasteiger partial charge in [-0.25, -0.2) is 0 Å². The molecular formula is C18H35ClN2O3. The van der Waals surface area contributed by atoms with Crippen LogP contribution in [0.4, 0.5) is 0 Å². The van der Waals surface area contributed by atoms with Crippen LogP contribution < -0.4 is 10.6 Å². The van der Waals surface area contributed by atoms with Crippen molar-refractivity contribution in [2.75, 3.05) is 33.4 Å². The van der Waals surface area contributed by atoms with E-state index in [2.05, 4.69) is 24.5 Å². The van der Waals surface area contributed by atoms with Crippen LogP contribution in [0.5, 0.6) is 0 Å². The number of methoxy groups -OCH3 is 1. The molecule has 1 aliphatic carbocycles. The molecule has 1 heterocycles. The van der Waals surface area contributed by atoms with Gasteiger partial charge in [0.1, 0.15) is 0 Å². The highest BCUT2D eigenvalue weighted by Gasteiger charge is 2.55. The molecule has 0 aromatic heterocycles. The van der Waals surface area contributed by atoms with E-state index in [0.717, 1.165) is 51.8 Å². The Morgan fingerprint density at radius 3 is 2.33 bits per heavy atom. The first kappa shape index (κ1) is 21.7. The Hall–Kier alpha value is -0.360. The number of amides is 1. The maximum atomic E-state index is 13.0. The summed E-state index contributed by atoms with van der Waals surface area (Å²) < 4.78 is 11.3. The van der Waals surface area contributed by atoms with Gasteiger partial charge in [0.05, 0.1) is 18.1 Å². The second-order valence-corrected chi connectivity index (χ2v) is 7.11. The normalized spacial score (nSPS) is 27.7. The monoisotopic (exact) mass is 362 g/mol. The van der Waals surface area contributed by atoms with Gasteiger partial charge in [0.25, 0.3) is 0 Å². The zero-order valence-electron chi connectivity index (χ0n) is 15.7. The maximum absolute atomic E-state index is 13.0. The zero-order chi connectivity index (χ0) is 16.9. The standard InChI is InChI=1S/C18H34N2O3.ClH/c1-5-18(6-2)14(12-15(18)23-7-3)20-16(21)17(13-22-4)8-10-19-11-9-17;/h14-15,19H,5-13H2,1-4H3,(H,20,21);1H. The van der Waals surface area contributed by atoms with Gasteiger partial charge >= 0.3 is 0 Å². The number of hydrogen-bond acceptors (Lipinski definition) is 4. The van der Waals surface area contributed by atoms with Crippen molar-refractivity contribution in [1.82, 2.24) is 10.6 Å². The summed E-state index contributed by atoms with van der Waals surface area (Å²) in [6.07, 6.45) is 4.98. The predicted molar refractivity (Wildman–Crippen MR) is 98.6 cm³/mol. The van der Waals surface area contributed by atoms with Crippen molar-refractivity contribution in [3.63, 3.8) is 0 Å². The lowest BCUT2D eigenvalue weighted by molar-refractivity contribution is -0.157. The summed E-state index contributed by atoms with van der Waals surface area (Å²) in [6.45, 7) is 9.49. The summed E-state index contributed by atoms with van der Waals surface area (Å²) >= 11 is 0. The van der Waals surface area contributed by atoms with Crippen LogP contribution in [0.15, 0.2) is 0 Å². The van der Waals surface area contributed by atoms with Crippen molar-refractivity contribution in [3.8, 4) is 0 Å². The van der Waals surface area contributed by atoms with Gasteiger partial charge in [0.2, 0.25) is 5.91 Å². The Kier molecular flexibility index (Phi) is 8.46. The number of ether oxygens (including phenoxy) is 2. The molecule has 2 unspecified atom stereocenters. The number of piperidine rings is 1. The fourth-order valence-electron chi connectivity index (χ4n) is 4.51. The zero-order valence-corrected chi connectivity index (χ0v) is 16.5. The van der Waals surface area contributed by atoms with Gasteiger partial charge in [0.15, 0.2) is 0 Å². The van der Waals surface area contributed by atoms with Crippen LogP contribution in [0.25, 0.3) is 0 Å². The lowest BCUT2D eigenvalue weighted by Crippen LogP contribution is -2.66.